The van der Waals surface area contributed by atoms with Crippen LogP contribution < -0.4 is 14.8 Å². The van der Waals surface area contributed by atoms with E-state index in [9.17, 15) is 9.18 Å². The Morgan fingerprint density at radius 2 is 2.06 bits per heavy atom. The Morgan fingerprint density at radius 3 is 2.83 bits per heavy atom. The van der Waals surface area contributed by atoms with Crippen LogP contribution in [0, 0.1) is 11.7 Å². The molecule has 2 bridgehead atoms. The maximum atomic E-state index is 14.6. The van der Waals surface area contributed by atoms with E-state index in [1.54, 1.807) is 19.2 Å². The zero-order chi connectivity index (χ0) is 24.7. The van der Waals surface area contributed by atoms with Gasteiger partial charge in [-0.2, -0.15) is 0 Å². The molecular formula is C25H23Cl2FN4O3. The van der Waals surface area contributed by atoms with Crippen molar-refractivity contribution < 1.29 is 18.7 Å². The molecule has 35 heavy (non-hydrogen) atoms. The van der Waals surface area contributed by atoms with Crippen molar-refractivity contribution in [3.05, 3.63) is 59.1 Å². The van der Waals surface area contributed by atoms with E-state index in [2.05, 4.69) is 21.9 Å². The van der Waals surface area contributed by atoms with Crippen molar-refractivity contribution in [1.82, 2.24) is 14.9 Å². The normalized spacial score (nSPS) is 21.1. The Balaban J connectivity index is 1.45. The maximum absolute atomic E-state index is 14.6. The van der Waals surface area contributed by atoms with Gasteiger partial charge in [-0.05, 0) is 43.0 Å². The first kappa shape index (κ1) is 23.6. The summed E-state index contributed by atoms with van der Waals surface area (Å²) >= 11 is 11.9. The van der Waals surface area contributed by atoms with E-state index in [0.29, 0.717) is 34.1 Å². The Bertz CT molecular complexity index is 1320. The van der Waals surface area contributed by atoms with Gasteiger partial charge in [0.15, 0.2) is 17.3 Å². The van der Waals surface area contributed by atoms with Crippen LogP contribution in [0.5, 0.6) is 11.5 Å². The van der Waals surface area contributed by atoms with Gasteiger partial charge in [0, 0.05) is 30.5 Å². The number of ether oxygens (including phenoxy) is 2. The van der Waals surface area contributed by atoms with Crippen LogP contribution in [0.3, 0.4) is 0 Å². The molecule has 2 heterocycles. The van der Waals surface area contributed by atoms with E-state index in [1.807, 2.05) is 4.90 Å². The number of halogens is 3. The largest absolute Gasteiger partial charge is 0.493 e. The lowest BCUT2D eigenvalue weighted by Gasteiger charge is -2.30. The van der Waals surface area contributed by atoms with E-state index in [4.69, 9.17) is 32.7 Å². The zero-order valence-electron chi connectivity index (χ0n) is 18.9. The average molecular weight is 517 g/mol. The molecule has 1 aromatic heterocycles. The second kappa shape index (κ2) is 9.51. The SMILES string of the molecule is C=CC(=O)N1CC2C[C@H](Oc3cc4c(Nc5ccc(Cl)c(Cl)c5F)ncnc4cc3OC)C[C@@H]1C2. The molecule has 182 valence electrons. The summed E-state index contributed by atoms with van der Waals surface area (Å²) in [6.45, 7) is 4.34. The number of carbonyl (C=O) groups excluding carboxylic acids is 1. The van der Waals surface area contributed by atoms with Gasteiger partial charge in [-0.25, -0.2) is 14.4 Å². The van der Waals surface area contributed by atoms with Crippen molar-refractivity contribution in [2.45, 2.75) is 31.4 Å². The van der Waals surface area contributed by atoms with Gasteiger partial charge in [0.1, 0.15) is 18.2 Å². The van der Waals surface area contributed by atoms with Crippen LogP contribution >= 0.6 is 23.2 Å². The number of aromatic nitrogens is 2. The molecule has 5 rings (SSSR count). The second-order valence-corrected chi connectivity index (χ2v) is 9.54. The fourth-order valence-electron chi connectivity index (χ4n) is 5.01. The first-order valence-electron chi connectivity index (χ1n) is 11.2. The number of nitrogens with zero attached hydrogens (tertiary/aromatic N) is 3. The number of hydrogen-bond acceptors (Lipinski definition) is 6. The van der Waals surface area contributed by atoms with Crippen LogP contribution in [-0.4, -0.2) is 46.6 Å². The summed E-state index contributed by atoms with van der Waals surface area (Å²) in [4.78, 5) is 22.7. The molecule has 1 amide bonds. The fraction of sp³-hybridized carbons (Fsp3) is 0.320. The van der Waals surface area contributed by atoms with Crippen LogP contribution in [0.15, 0.2) is 43.2 Å². The Hall–Kier alpha value is -3.10. The smallest absolute Gasteiger partial charge is 0.246 e. The predicted molar refractivity (Wildman–Crippen MR) is 133 cm³/mol. The minimum absolute atomic E-state index is 0.0381. The summed E-state index contributed by atoms with van der Waals surface area (Å²) < 4.78 is 26.6. The summed E-state index contributed by atoms with van der Waals surface area (Å²) in [5.74, 6) is 1.11. The number of anilines is 2. The Kier molecular flexibility index (Phi) is 6.42. The third-order valence-corrected chi connectivity index (χ3v) is 7.37. The van der Waals surface area contributed by atoms with Crippen LogP contribution in [0.1, 0.15) is 19.3 Å². The van der Waals surface area contributed by atoms with Gasteiger partial charge in [-0.3, -0.25) is 4.79 Å². The molecule has 1 saturated carbocycles. The maximum Gasteiger partial charge on any atom is 0.246 e. The summed E-state index contributed by atoms with van der Waals surface area (Å²) in [7, 11) is 1.56. The molecule has 1 aliphatic carbocycles. The van der Waals surface area contributed by atoms with Crippen molar-refractivity contribution in [1.29, 1.82) is 0 Å². The first-order chi connectivity index (χ1) is 16.9. The Labute approximate surface area is 211 Å². The highest BCUT2D eigenvalue weighted by molar-refractivity contribution is 6.42. The molecule has 2 aromatic carbocycles. The van der Waals surface area contributed by atoms with Crippen molar-refractivity contribution in [2.75, 3.05) is 19.0 Å². The molecule has 1 N–H and O–H groups in total. The van der Waals surface area contributed by atoms with Crippen molar-refractivity contribution in [2.24, 2.45) is 5.92 Å². The molecule has 1 saturated heterocycles. The van der Waals surface area contributed by atoms with Gasteiger partial charge in [0.05, 0.1) is 28.4 Å². The second-order valence-electron chi connectivity index (χ2n) is 8.75. The summed E-state index contributed by atoms with van der Waals surface area (Å²) in [5.41, 5.74) is 0.729. The van der Waals surface area contributed by atoms with Gasteiger partial charge < -0.3 is 19.7 Å². The van der Waals surface area contributed by atoms with Crippen LogP contribution in [0.2, 0.25) is 10.0 Å². The number of likely N-dealkylation sites (tertiary alicyclic amines) is 1. The quantitative estimate of drug-likeness (QED) is 0.331. The highest BCUT2D eigenvalue weighted by Gasteiger charge is 2.42. The average Bonchev–Trinajstić information content (AvgIpc) is 3.17. The molecule has 3 aromatic rings. The van der Waals surface area contributed by atoms with Gasteiger partial charge in [0.25, 0.3) is 0 Å². The number of methoxy groups -OCH3 is 1. The molecule has 2 fully saturated rings. The zero-order valence-corrected chi connectivity index (χ0v) is 20.4. The molecule has 0 spiro atoms. The Morgan fingerprint density at radius 1 is 1.23 bits per heavy atom. The van der Waals surface area contributed by atoms with Gasteiger partial charge >= 0.3 is 0 Å². The monoisotopic (exact) mass is 516 g/mol. The number of nitrogens with one attached hydrogen (secondary N) is 1. The topological polar surface area (TPSA) is 76.6 Å². The number of fused-ring (bicyclic) bond motifs is 3. The molecule has 2 aliphatic rings. The molecule has 1 aliphatic heterocycles. The van der Waals surface area contributed by atoms with Crippen LogP contribution in [-0.2, 0) is 4.79 Å². The number of amides is 1. The lowest BCUT2D eigenvalue weighted by Crippen LogP contribution is -2.37. The summed E-state index contributed by atoms with van der Waals surface area (Å²) in [6.07, 6.45) is 5.20. The highest BCUT2D eigenvalue weighted by atomic mass is 35.5. The standard InChI is InChI=1S/C25H23Cl2FN4O3/c1-3-22(33)32-11-13-6-14(32)8-15(7-13)35-21-9-16-19(10-20(21)34-2)29-12-30-25(16)31-18-5-4-17(26)23(27)24(18)28/h3-5,9-10,12-15H,1,6-8,11H2,2H3,(H,29,30,31)/t13?,14-,15-/m0/s1. The molecule has 0 radical (unpaired) electrons. The van der Waals surface area contributed by atoms with Crippen LogP contribution in [0.25, 0.3) is 10.9 Å². The number of rotatable bonds is 6. The summed E-state index contributed by atoms with van der Waals surface area (Å²) in [6, 6.07) is 6.68. The lowest BCUT2D eigenvalue weighted by molar-refractivity contribution is -0.127. The van der Waals surface area contributed by atoms with E-state index >= 15 is 0 Å². The van der Waals surface area contributed by atoms with E-state index in [1.165, 1.54) is 24.5 Å². The third kappa shape index (κ3) is 4.48. The van der Waals surface area contributed by atoms with Crippen molar-refractivity contribution >= 4 is 51.5 Å². The predicted octanol–water partition coefficient (Wildman–Crippen LogP) is 5.77. The number of benzene rings is 2. The molecule has 1 unspecified atom stereocenters. The molecular weight excluding hydrogens is 494 g/mol. The number of carbonyl (C=O) groups is 1. The van der Waals surface area contributed by atoms with Crippen molar-refractivity contribution in [3.63, 3.8) is 0 Å². The van der Waals surface area contributed by atoms with E-state index in [-0.39, 0.29) is 33.8 Å². The molecule has 10 heteroatoms. The first-order valence-corrected chi connectivity index (χ1v) is 12.0. The minimum Gasteiger partial charge on any atom is -0.493 e. The lowest BCUT2D eigenvalue weighted by atomic mass is 9.88. The van der Waals surface area contributed by atoms with Gasteiger partial charge in [0.2, 0.25) is 5.91 Å². The fourth-order valence-corrected chi connectivity index (χ4v) is 5.32. The van der Waals surface area contributed by atoms with E-state index < -0.39 is 5.82 Å². The third-order valence-electron chi connectivity index (χ3n) is 6.59. The van der Waals surface area contributed by atoms with Crippen molar-refractivity contribution in [3.8, 4) is 11.5 Å². The summed E-state index contributed by atoms with van der Waals surface area (Å²) in [5, 5.41) is 3.56. The number of hydrogen-bond donors (Lipinski definition) is 1. The van der Waals surface area contributed by atoms with Gasteiger partial charge in [-0.15, -0.1) is 0 Å². The van der Waals surface area contributed by atoms with Gasteiger partial charge in [-0.1, -0.05) is 29.8 Å². The van der Waals surface area contributed by atoms with E-state index in [0.717, 1.165) is 25.8 Å². The highest BCUT2D eigenvalue weighted by Crippen LogP contribution is 2.41. The molecule has 7 nitrogen and oxygen atoms in total. The van der Waals surface area contributed by atoms with Crippen LogP contribution in [0.4, 0.5) is 15.9 Å². The molecule has 3 atom stereocenters. The minimum atomic E-state index is -0.674.